The Morgan fingerprint density at radius 3 is 2.91 bits per heavy atom. The van der Waals surface area contributed by atoms with Gasteiger partial charge in [-0.3, -0.25) is 14.5 Å². The predicted octanol–water partition coefficient (Wildman–Crippen LogP) is 2.54. The van der Waals surface area contributed by atoms with Crippen LogP contribution in [0.3, 0.4) is 0 Å². The number of amides is 2. The normalized spacial score (nSPS) is 17.6. The van der Waals surface area contributed by atoms with E-state index in [1.807, 2.05) is 31.2 Å². The lowest BCUT2D eigenvalue weighted by atomic mass is 10.1. The number of anilines is 2. The first-order valence-electron chi connectivity index (χ1n) is 7.71. The van der Waals surface area contributed by atoms with E-state index in [4.69, 9.17) is 4.52 Å². The molecule has 120 valence electrons. The Balaban J connectivity index is 1.70. The van der Waals surface area contributed by atoms with Crippen LogP contribution in [0.1, 0.15) is 24.7 Å². The van der Waals surface area contributed by atoms with Crippen molar-refractivity contribution >= 4 is 23.3 Å². The fourth-order valence-electron chi connectivity index (χ4n) is 2.77. The number of aromatic nitrogens is 1. The van der Waals surface area contributed by atoms with Crippen molar-refractivity contribution < 1.29 is 14.1 Å². The highest BCUT2D eigenvalue weighted by molar-refractivity contribution is 6.03. The second-order valence-electron chi connectivity index (χ2n) is 5.70. The summed E-state index contributed by atoms with van der Waals surface area (Å²) in [6.07, 6.45) is 1.02. The summed E-state index contributed by atoms with van der Waals surface area (Å²) in [5.74, 6) is 0.475. The average Bonchev–Trinajstić information content (AvgIpc) is 3.13. The molecule has 0 aliphatic carbocycles. The van der Waals surface area contributed by atoms with E-state index < -0.39 is 0 Å². The van der Waals surface area contributed by atoms with Gasteiger partial charge in [-0.1, -0.05) is 30.3 Å². The van der Waals surface area contributed by atoms with Gasteiger partial charge in [0.1, 0.15) is 5.76 Å². The highest BCUT2D eigenvalue weighted by Crippen LogP contribution is 2.26. The van der Waals surface area contributed by atoms with E-state index in [-0.39, 0.29) is 24.2 Å². The van der Waals surface area contributed by atoms with Crippen LogP contribution in [-0.2, 0) is 16.0 Å². The monoisotopic (exact) mass is 313 g/mol. The van der Waals surface area contributed by atoms with Crippen molar-refractivity contribution in [2.75, 3.05) is 16.8 Å². The van der Waals surface area contributed by atoms with Gasteiger partial charge in [-0.05, 0) is 25.0 Å². The third-order valence-electron chi connectivity index (χ3n) is 4.04. The molecule has 1 unspecified atom stereocenters. The van der Waals surface area contributed by atoms with Gasteiger partial charge in [0, 0.05) is 24.7 Å². The Morgan fingerprint density at radius 2 is 2.22 bits per heavy atom. The van der Waals surface area contributed by atoms with E-state index in [1.54, 1.807) is 13.0 Å². The van der Waals surface area contributed by atoms with Crippen LogP contribution >= 0.6 is 0 Å². The zero-order valence-corrected chi connectivity index (χ0v) is 13.2. The number of aryl methyl sites for hydroxylation is 2. The smallest absolute Gasteiger partial charge is 0.229 e. The van der Waals surface area contributed by atoms with Gasteiger partial charge < -0.3 is 9.84 Å². The molecule has 1 atom stereocenters. The summed E-state index contributed by atoms with van der Waals surface area (Å²) in [5.41, 5.74) is 1.89. The van der Waals surface area contributed by atoms with Gasteiger partial charge in [0.2, 0.25) is 11.8 Å². The van der Waals surface area contributed by atoms with Crippen molar-refractivity contribution in [3.63, 3.8) is 0 Å². The molecule has 0 saturated carbocycles. The molecule has 0 spiro atoms. The number of nitrogens with zero attached hydrogens (tertiary/aromatic N) is 2. The lowest BCUT2D eigenvalue weighted by Gasteiger charge is -2.14. The van der Waals surface area contributed by atoms with Crippen LogP contribution in [0.2, 0.25) is 0 Å². The quantitative estimate of drug-likeness (QED) is 0.941. The summed E-state index contributed by atoms with van der Waals surface area (Å²) >= 11 is 0. The molecule has 1 N–H and O–H groups in total. The highest BCUT2D eigenvalue weighted by Gasteiger charge is 2.36. The number of benzene rings is 1. The first-order chi connectivity index (χ1) is 11.1. The molecule has 1 aromatic carbocycles. The molecule has 0 bridgehead atoms. The Hall–Kier alpha value is -2.63. The first kappa shape index (κ1) is 15.3. The molecule has 1 saturated heterocycles. The molecule has 23 heavy (non-hydrogen) atoms. The number of carbonyl (C=O) groups is 2. The van der Waals surface area contributed by atoms with Crippen LogP contribution in [0.25, 0.3) is 0 Å². The van der Waals surface area contributed by atoms with Crippen molar-refractivity contribution in [2.45, 2.75) is 26.7 Å². The standard InChI is InChI=1S/C17H19N3O3/c1-3-12-6-4-5-7-14(12)18-17(22)13-9-16(21)20(10-13)15-8-11(2)23-19-15/h4-8,13H,3,9-10H2,1-2H3,(H,18,22). The number of carbonyl (C=O) groups excluding carboxylic acids is 2. The predicted molar refractivity (Wildman–Crippen MR) is 86.1 cm³/mol. The van der Waals surface area contributed by atoms with E-state index in [1.165, 1.54) is 4.90 Å². The largest absolute Gasteiger partial charge is 0.360 e. The summed E-state index contributed by atoms with van der Waals surface area (Å²) in [7, 11) is 0. The van der Waals surface area contributed by atoms with E-state index in [9.17, 15) is 9.59 Å². The molecule has 2 amide bonds. The Morgan fingerprint density at radius 1 is 1.43 bits per heavy atom. The number of hydrogen-bond donors (Lipinski definition) is 1. The van der Waals surface area contributed by atoms with Crippen LogP contribution in [0.4, 0.5) is 11.5 Å². The molecular formula is C17H19N3O3. The van der Waals surface area contributed by atoms with Gasteiger partial charge in [-0.15, -0.1) is 0 Å². The highest BCUT2D eigenvalue weighted by atomic mass is 16.5. The van der Waals surface area contributed by atoms with Gasteiger partial charge in [-0.2, -0.15) is 0 Å². The third-order valence-corrected chi connectivity index (χ3v) is 4.04. The minimum absolute atomic E-state index is 0.109. The van der Waals surface area contributed by atoms with Gasteiger partial charge in [0.05, 0.1) is 5.92 Å². The Labute approximate surface area is 134 Å². The lowest BCUT2D eigenvalue weighted by molar-refractivity contribution is -0.122. The molecule has 1 aliphatic rings. The van der Waals surface area contributed by atoms with Crippen molar-refractivity contribution in [3.8, 4) is 0 Å². The molecule has 0 radical (unpaired) electrons. The summed E-state index contributed by atoms with van der Waals surface area (Å²) < 4.78 is 5.00. The average molecular weight is 313 g/mol. The second kappa shape index (κ2) is 6.24. The molecule has 1 aromatic heterocycles. The van der Waals surface area contributed by atoms with Gasteiger partial charge >= 0.3 is 0 Å². The summed E-state index contributed by atoms with van der Waals surface area (Å²) in [4.78, 5) is 26.1. The molecule has 1 fully saturated rings. The minimum Gasteiger partial charge on any atom is -0.360 e. The molecule has 6 nitrogen and oxygen atoms in total. The van der Waals surface area contributed by atoms with Gasteiger partial charge in [0.15, 0.2) is 5.82 Å². The number of rotatable bonds is 4. The maximum atomic E-state index is 12.5. The van der Waals surface area contributed by atoms with E-state index in [2.05, 4.69) is 10.5 Å². The van der Waals surface area contributed by atoms with Crippen molar-refractivity contribution in [2.24, 2.45) is 5.92 Å². The summed E-state index contributed by atoms with van der Waals surface area (Å²) in [6, 6.07) is 9.40. The second-order valence-corrected chi connectivity index (χ2v) is 5.70. The topological polar surface area (TPSA) is 75.4 Å². The van der Waals surface area contributed by atoms with Crippen molar-refractivity contribution in [1.82, 2.24) is 5.16 Å². The van der Waals surface area contributed by atoms with Crippen molar-refractivity contribution in [1.29, 1.82) is 0 Å². The lowest BCUT2D eigenvalue weighted by Crippen LogP contribution is -2.28. The zero-order chi connectivity index (χ0) is 16.4. The Kier molecular flexibility index (Phi) is 4.14. The minimum atomic E-state index is -0.385. The number of para-hydroxylation sites is 1. The van der Waals surface area contributed by atoms with Crippen LogP contribution in [-0.4, -0.2) is 23.5 Å². The summed E-state index contributed by atoms with van der Waals surface area (Å²) in [6.45, 7) is 4.13. The van der Waals surface area contributed by atoms with Crippen LogP contribution in [0.15, 0.2) is 34.9 Å². The van der Waals surface area contributed by atoms with Crippen LogP contribution in [0.5, 0.6) is 0 Å². The molecular weight excluding hydrogens is 294 g/mol. The fraction of sp³-hybridized carbons (Fsp3) is 0.353. The first-order valence-corrected chi connectivity index (χ1v) is 7.71. The SMILES string of the molecule is CCc1ccccc1NC(=O)C1CC(=O)N(c2cc(C)on2)C1. The summed E-state index contributed by atoms with van der Waals surface area (Å²) in [5, 5.41) is 6.79. The maximum absolute atomic E-state index is 12.5. The molecule has 2 aromatic rings. The van der Waals surface area contributed by atoms with E-state index >= 15 is 0 Å². The number of hydrogen-bond acceptors (Lipinski definition) is 4. The van der Waals surface area contributed by atoms with Gasteiger partial charge in [-0.25, -0.2) is 0 Å². The van der Waals surface area contributed by atoms with Crippen molar-refractivity contribution in [3.05, 3.63) is 41.7 Å². The maximum Gasteiger partial charge on any atom is 0.229 e. The number of nitrogens with one attached hydrogen (secondary N) is 1. The Bertz CT molecular complexity index is 738. The zero-order valence-electron chi connectivity index (χ0n) is 13.2. The molecule has 2 heterocycles. The van der Waals surface area contributed by atoms with Crippen LogP contribution < -0.4 is 10.2 Å². The molecule has 1 aliphatic heterocycles. The van der Waals surface area contributed by atoms with Crippen LogP contribution in [0, 0.1) is 12.8 Å². The molecule has 3 rings (SSSR count). The van der Waals surface area contributed by atoms with Gasteiger partial charge in [0.25, 0.3) is 0 Å². The third kappa shape index (κ3) is 3.11. The van der Waals surface area contributed by atoms with E-state index in [0.717, 1.165) is 17.7 Å². The molecule has 6 heteroatoms. The van der Waals surface area contributed by atoms with E-state index in [0.29, 0.717) is 18.1 Å². The fourth-order valence-corrected chi connectivity index (χ4v) is 2.77.